The van der Waals surface area contributed by atoms with Gasteiger partial charge in [-0.3, -0.25) is 0 Å². The summed E-state index contributed by atoms with van der Waals surface area (Å²) < 4.78 is 82.4. The van der Waals surface area contributed by atoms with Gasteiger partial charge >= 0.3 is 6.18 Å². The van der Waals surface area contributed by atoms with E-state index in [1.54, 1.807) is 13.0 Å². The van der Waals surface area contributed by atoms with Crippen molar-refractivity contribution in [2.24, 2.45) is 0 Å². The Morgan fingerprint density at radius 3 is 2.66 bits per heavy atom. The summed E-state index contributed by atoms with van der Waals surface area (Å²) in [5.41, 5.74) is 1.39. The molecule has 9 heteroatoms. The zero-order valence-corrected chi connectivity index (χ0v) is 15.4. The summed E-state index contributed by atoms with van der Waals surface area (Å²) in [6.45, 7) is 2.21. The molecule has 2 aliphatic rings. The molecule has 4 nitrogen and oxygen atoms in total. The number of halogens is 5. The highest BCUT2D eigenvalue weighted by Gasteiger charge is 2.44. The number of hydrogen-bond acceptors (Lipinski definition) is 4. The van der Waals surface area contributed by atoms with Crippen LogP contribution in [0.4, 0.5) is 22.0 Å². The zero-order chi connectivity index (χ0) is 20.8. The van der Waals surface area contributed by atoms with E-state index in [0.717, 1.165) is 12.1 Å². The second-order valence-electron chi connectivity index (χ2n) is 6.98. The highest BCUT2D eigenvalue weighted by molar-refractivity contribution is 5.71. The SMILES string of the molecule is CCOC1OC1c1cc(-c2ccc(F)cc2F)c2c(n1)OC(CC(F)(F)F)CC2. The number of aromatic nitrogens is 1. The van der Waals surface area contributed by atoms with Crippen LogP contribution < -0.4 is 4.74 Å². The summed E-state index contributed by atoms with van der Waals surface area (Å²) in [4.78, 5) is 4.33. The van der Waals surface area contributed by atoms with Crippen molar-refractivity contribution in [2.45, 2.75) is 50.9 Å². The minimum Gasteiger partial charge on any atom is -0.474 e. The standard InChI is InChI=1S/C20H18F5NO3/c1-2-27-19-17(29-19)16-8-14(12-5-3-10(21)7-15(12)22)13-6-4-11(9-20(23,24)25)28-18(13)26-16/h3,5,7-8,11,17,19H,2,4,6,9H2,1H3. The predicted molar refractivity (Wildman–Crippen MR) is 92.2 cm³/mol. The van der Waals surface area contributed by atoms with Crippen LogP contribution >= 0.6 is 0 Å². The van der Waals surface area contributed by atoms with Crippen molar-refractivity contribution in [3.05, 3.63) is 47.2 Å². The number of pyridine rings is 1. The second-order valence-corrected chi connectivity index (χ2v) is 6.98. The van der Waals surface area contributed by atoms with Crippen LogP contribution in [0.15, 0.2) is 24.3 Å². The molecule has 4 rings (SSSR count). The molecule has 0 N–H and O–H groups in total. The second kappa shape index (κ2) is 7.53. The third-order valence-corrected chi connectivity index (χ3v) is 4.85. The molecule has 29 heavy (non-hydrogen) atoms. The normalized spacial score (nSPS) is 23.4. The number of hydrogen-bond donors (Lipinski definition) is 0. The van der Waals surface area contributed by atoms with Gasteiger partial charge in [-0.1, -0.05) is 0 Å². The monoisotopic (exact) mass is 415 g/mol. The topological polar surface area (TPSA) is 43.9 Å². The van der Waals surface area contributed by atoms with Crippen molar-refractivity contribution in [1.29, 1.82) is 0 Å². The summed E-state index contributed by atoms with van der Waals surface area (Å²) >= 11 is 0. The van der Waals surface area contributed by atoms with Crippen LogP contribution in [0.25, 0.3) is 11.1 Å². The third kappa shape index (κ3) is 4.35. The lowest BCUT2D eigenvalue weighted by molar-refractivity contribution is -0.152. The quantitative estimate of drug-likeness (QED) is 0.503. The molecule has 0 saturated carbocycles. The molecule has 1 aromatic carbocycles. The first-order valence-corrected chi connectivity index (χ1v) is 9.25. The Morgan fingerprint density at radius 2 is 1.97 bits per heavy atom. The van der Waals surface area contributed by atoms with Gasteiger partial charge in [0.1, 0.15) is 17.7 Å². The fraction of sp³-hybridized carbons (Fsp3) is 0.450. The lowest BCUT2D eigenvalue weighted by Crippen LogP contribution is -2.29. The highest BCUT2D eigenvalue weighted by Crippen LogP contribution is 2.44. The first-order valence-electron chi connectivity index (χ1n) is 9.25. The molecule has 2 aromatic rings. The molecule has 2 aliphatic heterocycles. The van der Waals surface area contributed by atoms with Crippen molar-refractivity contribution in [1.82, 2.24) is 4.98 Å². The van der Waals surface area contributed by atoms with Crippen LogP contribution in [-0.2, 0) is 15.9 Å². The van der Waals surface area contributed by atoms with Gasteiger partial charge in [0.25, 0.3) is 0 Å². The van der Waals surface area contributed by atoms with Crippen LogP contribution in [0.1, 0.15) is 37.1 Å². The number of alkyl halides is 3. The van der Waals surface area contributed by atoms with Crippen molar-refractivity contribution < 1.29 is 36.2 Å². The molecule has 0 aliphatic carbocycles. The molecule has 1 aromatic heterocycles. The van der Waals surface area contributed by atoms with Crippen LogP contribution in [-0.4, -0.2) is 30.2 Å². The van der Waals surface area contributed by atoms with E-state index in [1.807, 2.05) is 0 Å². The summed E-state index contributed by atoms with van der Waals surface area (Å²) in [5, 5.41) is 0. The van der Waals surface area contributed by atoms with E-state index in [9.17, 15) is 22.0 Å². The van der Waals surface area contributed by atoms with E-state index in [1.165, 1.54) is 6.07 Å². The molecule has 1 fully saturated rings. The van der Waals surface area contributed by atoms with E-state index >= 15 is 0 Å². The number of epoxide rings is 1. The Kier molecular flexibility index (Phi) is 5.20. The largest absolute Gasteiger partial charge is 0.474 e. The Hall–Kier alpha value is -2.26. The van der Waals surface area contributed by atoms with E-state index in [4.69, 9.17) is 14.2 Å². The number of rotatable bonds is 5. The average molecular weight is 415 g/mol. The molecule has 1 saturated heterocycles. The van der Waals surface area contributed by atoms with Gasteiger partial charge < -0.3 is 14.2 Å². The first-order chi connectivity index (χ1) is 13.7. The van der Waals surface area contributed by atoms with Gasteiger partial charge in [0.2, 0.25) is 5.88 Å². The average Bonchev–Trinajstić information content (AvgIpc) is 3.39. The van der Waals surface area contributed by atoms with Crippen molar-refractivity contribution in [3.63, 3.8) is 0 Å². The number of benzene rings is 1. The van der Waals surface area contributed by atoms with Gasteiger partial charge in [-0.25, -0.2) is 13.8 Å². The Labute approximate surface area is 163 Å². The minimum absolute atomic E-state index is 0.0208. The van der Waals surface area contributed by atoms with E-state index < -0.39 is 42.7 Å². The van der Waals surface area contributed by atoms with Crippen LogP contribution in [0.5, 0.6) is 5.88 Å². The maximum atomic E-state index is 14.4. The lowest BCUT2D eigenvalue weighted by atomic mass is 9.93. The molecule has 3 atom stereocenters. The van der Waals surface area contributed by atoms with E-state index in [2.05, 4.69) is 4.98 Å². The van der Waals surface area contributed by atoms with Gasteiger partial charge in [-0.05, 0) is 43.5 Å². The smallest absolute Gasteiger partial charge is 0.392 e. The Balaban J connectivity index is 1.74. The van der Waals surface area contributed by atoms with Crippen LogP contribution in [0.2, 0.25) is 0 Å². The molecule has 3 heterocycles. The molecule has 0 amide bonds. The molecule has 0 radical (unpaired) electrons. The maximum Gasteiger partial charge on any atom is 0.392 e. The van der Waals surface area contributed by atoms with Gasteiger partial charge in [0.05, 0.1) is 12.1 Å². The van der Waals surface area contributed by atoms with Crippen LogP contribution in [0, 0.1) is 11.6 Å². The Morgan fingerprint density at radius 1 is 1.17 bits per heavy atom. The van der Waals surface area contributed by atoms with Crippen LogP contribution in [0.3, 0.4) is 0 Å². The van der Waals surface area contributed by atoms with Gasteiger partial charge in [0.15, 0.2) is 12.4 Å². The number of ether oxygens (including phenoxy) is 3. The summed E-state index contributed by atoms with van der Waals surface area (Å²) in [6.07, 6.45) is -7.23. The fourth-order valence-corrected chi connectivity index (χ4v) is 3.52. The lowest BCUT2D eigenvalue weighted by Gasteiger charge is -2.28. The summed E-state index contributed by atoms with van der Waals surface area (Å²) in [6, 6.07) is 4.78. The fourth-order valence-electron chi connectivity index (χ4n) is 3.52. The van der Waals surface area contributed by atoms with Gasteiger partial charge in [0, 0.05) is 23.8 Å². The molecule has 3 unspecified atom stereocenters. The van der Waals surface area contributed by atoms with Crippen molar-refractivity contribution in [3.8, 4) is 17.0 Å². The maximum absolute atomic E-state index is 14.4. The zero-order valence-electron chi connectivity index (χ0n) is 15.4. The third-order valence-electron chi connectivity index (χ3n) is 4.85. The molecular weight excluding hydrogens is 397 g/mol. The number of fused-ring (bicyclic) bond motifs is 1. The summed E-state index contributed by atoms with van der Waals surface area (Å²) in [7, 11) is 0. The van der Waals surface area contributed by atoms with Crippen molar-refractivity contribution in [2.75, 3.05) is 6.61 Å². The predicted octanol–water partition coefficient (Wildman–Crippen LogP) is 5.11. The molecule has 0 bridgehead atoms. The van der Waals surface area contributed by atoms with Crippen molar-refractivity contribution >= 4 is 0 Å². The molecule has 0 spiro atoms. The first kappa shape index (κ1) is 20.0. The van der Waals surface area contributed by atoms with E-state index in [0.29, 0.717) is 23.4 Å². The minimum atomic E-state index is -4.37. The van der Waals surface area contributed by atoms with E-state index in [-0.39, 0.29) is 24.3 Å². The molecule has 156 valence electrons. The Bertz CT molecular complexity index is 918. The van der Waals surface area contributed by atoms with Gasteiger partial charge in [-0.2, -0.15) is 13.2 Å². The summed E-state index contributed by atoms with van der Waals surface area (Å²) in [5.74, 6) is -1.48. The highest BCUT2D eigenvalue weighted by atomic mass is 19.4. The number of nitrogens with zero attached hydrogens (tertiary/aromatic N) is 1. The molecular formula is C20H18F5NO3. The van der Waals surface area contributed by atoms with Gasteiger partial charge in [-0.15, -0.1) is 0 Å².